The molecule has 2 aliphatic heterocycles. The lowest BCUT2D eigenvalue weighted by atomic mass is 10.0. The van der Waals surface area contributed by atoms with E-state index >= 15 is 0 Å². The molecule has 2 heterocycles. The van der Waals surface area contributed by atoms with Crippen molar-refractivity contribution in [3.8, 4) is 0 Å². The molecule has 0 spiro atoms. The molecule has 0 radical (unpaired) electrons. The van der Waals surface area contributed by atoms with Crippen LogP contribution in [0.15, 0.2) is 23.3 Å². The van der Waals surface area contributed by atoms with Gasteiger partial charge < -0.3 is 15.0 Å². The molecule has 3 amide bonds. The molecule has 8 heteroatoms. The van der Waals surface area contributed by atoms with Crippen molar-refractivity contribution < 1.29 is 19.1 Å². The smallest absolute Gasteiger partial charge is 0.409 e. The van der Waals surface area contributed by atoms with E-state index in [-0.39, 0.29) is 30.4 Å². The van der Waals surface area contributed by atoms with E-state index in [1.165, 1.54) is 5.01 Å². The van der Waals surface area contributed by atoms with Crippen LogP contribution in [-0.4, -0.2) is 54.3 Å². The maximum atomic E-state index is 12.7. The highest BCUT2D eigenvalue weighted by molar-refractivity contribution is 6.40. The minimum atomic E-state index is -0.309. The highest BCUT2D eigenvalue weighted by atomic mass is 16.6. The normalized spacial score (nSPS) is 17.8. The molecule has 0 aliphatic carbocycles. The molecule has 2 aliphatic rings. The third kappa shape index (κ3) is 4.93. The van der Waals surface area contributed by atoms with E-state index in [4.69, 9.17) is 4.74 Å². The van der Waals surface area contributed by atoms with Crippen LogP contribution in [0.4, 0.5) is 10.5 Å². The van der Waals surface area contributed by atoms with Gasteiger partial charge in [0.2, 0.25) is 5.91 Å². The highest BCUT2D eigenvalue weighted by Crippen LogP contribution is 2.25. The molecular weight excluding hydrogens is 372 g/mol. The molecule has 0 saturated carbocycles. The quantitative estimate of drug-likeness (QED) is 0.841. The number of hydrogen-bond donors (Lipinski definition) is 1. The summed E-state index contributed by atoms with van der Waals surface area (Å²) in [6.45, 7) is 7.10. The Labute approximate surface area is 170 Å². The number of anilines is 1. The first-order valence-corrected chi connectivity index (χ1v) is 10.1. The van der Waals surface area contributed by atoms with Gasteiger partial charge in [0.25, 0.3) is 5.91 Å². The molecule has 1 fully saturated rings. The Bertz CT molecular complexity index is 828. The second kappa shape index (κ2) is 9.07. The predicted octanol–water partition coefficient (Wildman–Crippen LogP) is 2.52. The second-order valence-corrected chi connectivity index (χ2v) is 7.48. The maximum absolute atomic E-state index is 12.7. The number of carbonyl (C=O) groups excluding carboxylic acids is 3. The highest BCUT2D eigenvalue weighted by Gasteiger charge is 2.29. The van der Waals surface area contributed by atoms with Crippen LogP contribution >= 0.6 is 0 Å². The summed E-state index contributed by atoms with van der Waals surface area (Å²) in [6.07, 6.45) is 1.60. The monoisotopic (exact) mass is 400 g/mol. The van der Waals surface area contributed by atoms with Crippen LogP contribution < -0.4 is 10.3 Å². The lowest BCUT2D eigenvalue weighted by molar-refractivity contribution is -0.119. The van der Waals surface area contributed by atoms with Gasteiger partial charge in [0, 0.05) is 32.0 Å². The maximum Gasteiger partial charge on any atom is 0.409 e. The summed E-state index contributed by atoms with van der Waals surface area (Å²) in [5.74, 6) is -0.361. The number of aryl methyl sites for hydroxylation is 2. The molecule has 156 valence electrons. The molecule has 29 heavy (non-hydrogen) atoms. The summed E-state index contributed by atoms with van der Waals surface area (Å²) in [5, 5.41) is 8.73. The van der Waals surface area contributed by atoms with Gasteiger partial charge in [-0.2, -0.15) is 5.10 Å². The second-order valence-electron chi connectivity index (χ2n) is 7.48. The van der Waals surface area contributed by atoms with Gasteiger partial charge >= 0.3 is 6.09 Å². The molecule has 0 unspecified atom stereocenters. The third-order valence-corrected chi connectivity index (χ3v) is 5.24. The van der Waals surface area contributed by atoms with Crippen LogP contribution in [0, 0.1) is 13.8 Å². The zero-order valence-electron chi connectivity index (χ0n) is 17.2. The lowest BCUT2D eigenvalue weighted by Gasteiger charge is -2.32. The molecule has 0 atom stereocenters. The predicted molar refractivity (Wildman–Crippen MR) is 110 cm³/mol. The zero-order chi connectivity index (χ0) is 21.0. The number of nitrogens with zero attached hydrogens (tertiary/aromatic N) is 3. The average Bonchev–Trinajstić information content (AvgIpc) is 2.71. The van der Waals surface area contributed by atoms with Crippen LogP contribution in [0.3, 0.4) is 0 Å². The number of piperidine rings is 1. The average molecular weight is 400 g/mol. The first-order chi connectivity index (χ1) is 13.9. The van der Waals surface area contributed by atoms with Crippen LogP contribution in [0.5, 0.6) is 0 Å². The number of carbonyl (C=O) groups is 3. The van der Waals surface area contributed by atoms with E-state index in [9.17, 15) is 14.4 Å². The van der Waals surface area contributed by atoms with E-state index in [2.05, 4.69) is 10.4 Å². The van der Waals surface area contributed by atoms with Gasteiger partial charge in [-0.05, 0) is 50.8 Å². The van der Waals surface area contributed by atoms with Gasteiger partial charge in [0.15, 0.2) is 0 Å². The van der Waals surface area contributed by atoms with Crippen LogP contribution in [0.2, 0.25) is 0 Å². The van der Waals surface area contributed by atoms with E-state index in [1.807, 2.05) is 32.0 Å². The Balaban J connectivity index is 1.64. The van der Waals surface area contributed by atoms with Gasteiger partial charge in [-0.15, -0.1) is 0 Å². The van der Waals surface area contributed by atoms with Gasteiger partial charge in [-0.25, -0.2) is 9.80 Å². The number of hydrogen-bond acceptors (Lipinski definition) is 5. The van der Waals surface area contributed by atoms with Gasteiger partial charge in [-0.1, -0.05) is 12.1 Å². The largest absolute Gasteiger partial charge is 0.450 e. The van der Waals surface area contributed by atoms with Crippen molar-refractivity contribution in [2.75, 3.05) is 24.7 Å². The minimum Gasteiger partial charge on any atom is -0.450 e. The number of amides is 3. The van der Waals surface area contributed by atoms with Crippen molar-refractivity contribution in [1.29, 1.82) is 0 Å². The summed E-state index contributed by atoms with van der Waals surface area (Å²) in [6, 6.07) is 5.80. The van der Waals surface area contributed by atoms with Crippen molar-refractivity contribution in [3.63, 3.8) is 0 Å². The van der Waals surface area contributed by atoms with Crippen LogP contribution in [0.1, 0.15) is 43.7 Å². The van der Waals surface area contributed by atoms with Gasteiger partial charge in [-0.3, -0.25) is 9.59 Å². The van der Waals surface area contributed by atoms with Crippen molar-refractivity contribution in [1.82, 2.24) is 10.2 Å². The Hall–Kier alpha value is -2.90. The molecule has 1 aromatic rings. The van der Waals surface area contributed by atoms with Crippen LogP contribution in [-0.2, 0) is 14.3 Å². The molecule has 1 N–H and O–H groups in total. The van der Waals surface area contributed by atoms with Crippen molar-refractivity contribution in [3.05, 3.63) is 29.3 Å². The van der Waals surface area contributed by atoms with E-state index in [0.29, 0.717) is 50.4 Å². The summed E-state index contributed by atoms with van der Waals surface area (Å²) in [5.41, 5.74) is 3.03. The van der Waals surface area contributed by atoms with Crippen LogP contribution in [0.25, 0.3) is 0 Å². The molecule has 3 rings (SSSR count). The van der Waals surface area contributed by atoms with Crippen molar-refractivity contribution in [2.24, 2.45) is 5.10 Å². The first-order valence-electron chi connectivity index (χ1n) is 10.1. The number of nitrogens with one attached hydrogen (secondary N) is 1. The fraction of sp³-hybridized carbons (Fsp3) is 0.524. The molecule has 0 bridgehead atoms. The Morgan fingerprint density at radius 2 is 1.93 bits per heavy atom. The zero-order valence-corrected chi connectivity index (χ0v) is 17.2. The van der Waals surface area contributed by atoms with Gasteiger partial charge in [0.1, 0.15) is 5.71 Å². The molecule has 8 nitrogen and oxygen atoms in total. The fourth-order valence-corrected chi connectivity index (χ4v) is 3.54. The number of ether oxygens (including phenoxy) is 1. The Morgan fingerprint density at radius 1 is 1.21 bits per heavy atom. The first kappa shape index (κ1) is 20.8. The van der Waals surface area contributed by atoms with E-state index in [1.54, 1.807) is 11.8 Å². The number of rotatable bonds is 4. The number of hydrazone groups is 1. The summed E-state index contributed by atoms with van der Waals surface area (Å²) in [4.78, 5) is 38.6. The summed E-state index contributed by atoms with van der Waals surface area (Å²) < 4.78 is 5.02. The van der Waals surface area contributed by atoms with Crippen molar-refractivity contribution in [2.45, 2.75) is 52.5 Å². The van der Waals surface area contributed by atoms with Gasteiger partial charge in [0.05, 0.1) is 12.3 Å². The lowest BCUT2D eigenvalue weighted by Crippen LogP contribution is -2.49. The molecule has 1 saturated heterocycles. The van der Waals surface area contributed by atoms with E-state index in [0.717, 1.165) is 11.1 Å². The summed E-state index contributed by atoms with van der Waals surface area (Å²) >= 11 is 0. The fourth-order valence-electron chi connectivity index (χ4n) is 3.54. The van der Waals surface area contributed by atoms with Crippen molar-refractivity contribution >= 4 is 29.3 Å². The minimum absolute atomic E-state index is 0.0253. The van der Waals surface area contributed by atoms with E-state index < -0.39 is 0 Å². The SMILES string of the molecule is CCOC(=O)N1CCC(NC(=O)C2=NN(c3cc(C)ccc3C)C(=O)CC2)CC1. The Kier molecular flexibility index (Phi) is 6.51. The topological polar surface area (TPSA) is 91.3 Å². The number of benzene rings is 1. The molecular formula is C21H28N4O4. The Morgan fingerprint density at radius 3 is 2.62 bits per heavy atom. The summed E-state index contributed by atoms with van der Waals surface area (Å²) in [7, 11) is 0. The molecule has 1 aromatic carbocycles. The third-order valence-electron chi connectivity index (χ3n) is 5.24. The molecule has 0 aromatic heterocycles. The number of likely N-dealkylation sites (tertiary alicyclic amines) is 1. The standard InChI is InChI=1S/C21H28N4O4/c1-4-29-21(28)24-11-9-16(10-12-24)22-20(27)17-7-8-19(26)25(23-17)18-13-14(2)5-6-15(18)3/h5-6,13,16H,4,7-12H2,1-3H3,(H,22,27).